The minimum absolute atomic E-state index is 0.584. The van der Waals surface area contributed by atoms with E-state index in [4.69, 9.17) is 4.74 Å². The smallest absolute Gasteiger partial charge is 0.122 e. The minimum Gasteiger partial charge on any atom is -0.493 e. The molecule has 18 heavy (non-hydrogen) atoms. The largest absolute Gasteiger partial charge is 0.493 e. The fourth-order valence-corrected chi connectivity index (χ4v) is 2.98. The van der Waals surface area contributed by atoms with Crippen molar-refractivity contribution in [3.8, 4) is 5.75 Å². The van der Waals surface area contributed by atoms with Gasteiger partial charge >= 0.3 is 0 Å². The minimum atomic E-state index is 0.584. The van der Waals surface area contributed by atoms with Crippen LogP contribution in [0, 0.1) is 11.3 Å². The molecule has 2 atom stereocenters. The van der Waals surface area contributed by atoms with Crippen LogP contribution in [0.5, 0.6) is 5.75 Å². The normalized spacial score (nSPS) is 28.3. The highest BCUT2D eigenvalue weighted by atomic mass is 16.5. The van der Waals surface area contributed by atoms with Crippen molar-refractivity contribution in [2.75, 3.05) is 19.7 Å². The molecule has 1 saturated carbocycles. The number of nitrogens with one attached hydrogen (secondary N) is 1. The first-order chi connectivity index (χ1) is 8.67. The highest BCUT2D eigenvalue weighted by Crippen LogP contribution is 2.51. The van der Waals surface area contributed by atoms with Crippen LogP contribution < -0.4 is 10.1 Å². The SMILES string of the molecule is CC1(C)CC1CNCC1CCOc2ccccc21. The van der Waals surface area contributed by atoms with Crippen molar-refractivity contribution < 1.29 is 4.74 Å². The van der Waals surface area contributed by atoms with Crippen LogP contribution in [0.3, 0.4) is 0 Å². The molecule has 0 bridgehead atoms. The van der Waals surface area contributed by atoms with Crippen molar-refractivity contribution in [1.29, 1.82) is 0 Å². The Morgan fingerprint density at radius 3 is 2.83 bits per heavy atom. The summed E-state index contributed by atoms with van der Waals surface area (Å²) in [6, 6.07) is 8.47. The molecule has 0 saturated heterocycles. The van der Waals surface area contributed by atoms with Crippen molar-refractivity contribution in [2.24, 2.45) is 11.3 Å². The van der Waals surface area contributed by atoms with Crippen LogP contribution in [0.2, 0.25) is 0 Å². The first kappa shape index (κ1) is 12.0. The second kappa shape index (κ2) is 4.58. The lowest BCUT2D eigenvalue weighted by atomic mass is 9.93. The summed E-state index contributed by atoms with van der Waals surface area (Å²) >= 11 is 0. The van der Waals surface area contributed by atoms with Gasteiger partial charge < -0.3 is 10.1 Å². The van der Waals surface area contributed by atoms with Gasteiger partial charge in [-0.1, -0.05) is 32.0 Å². The van der Waals surface area contributed by atoms with Gasteiger partial charge in [-0.05, 0) is 42.3 Å². The third-order valence-corrected chi connectivity index (χ3v) is 4.58. The van der Waals surface area contributed by atoms with Gasteiger partial charge in [0, 0.05) is 12.5 Å². The average molecular weight is 245 g/mol. The summed E-state index contributed by atoms with van der Waals surface area (Å²) in [5.41, 5.74) is 1.96. The monoisotopic (exact) mass is 245 g/mol. The van der Waals surface area contributed by atoms with E-state index in [0.717, 1.165) is 31.2 Å². The third-order valence-electron chi connectivity index (χ3n) is 4.58. The van der Waals surface area contributed by atoms with Gasteiger partial charge in [0.25, 0.3) is 0 Å². The number of hydrogen-bond donors (Lipinski definition) is 1. The van der Waals surface area contributed by atoms with Crippen LogP contribution in [-0.4, -0.2) is 19.7 Å². The molecule has 2 unspecified atom stereocenters. The summed E-state index contributed by atoms with van der Waals surface area (Å²) in [6.07, 6.45) is 2.52. The van der Waals surface area contributed by atoms with E-state index in [-0.39, 0.29) is 0 Å². The van der Waals surface area contributed by atoms with Crippen molar-refractivity contribution in [3.05, 3.63) is 29.8 Å². The highest BCUT2D eigenvalue weighted by molar-refractivity contribution is 5.37. The van der Waals surface area contributed by atoms with Gasteiger partial charge in [-0.2, -0.15) is 0 Å². The Kier molecular flexibility index (Phi) is 3.06. The summed E-state index contributed by atoms with van der Waals surface area (Å²) in [6.45, 7) is 7.85. The second-order valence-corrected chi connectivity index (χ2v) is 6.42. The van der Waals surface area contributed by atoms with E-state index in [0.29, 0.717) is 11.3 Å². The molecule has 2 nitrogen and oxygen atoms in total. The Labute approximate surface area is 110 Å². The van der Waals surface area contributed by atoms with Crippen molar-refractivity contribution in [2.45, 2.75) is 32.6 Å². The molecule has 1 aliphatic heterocycles. The zero-order chi connectivity index (χ0) is 12.6. The van der Waals surface area contributed by atoms with Crippen LogP contribution in [0.15, 0.2) is 24.3 Å². The molecule has 1 aliphatic carbocycles. The first-order valence-electron chi connectivity index (χ1n) is 7.09. The van der Waals surface area contributed by atoms with E-state index >= 15 is 0 Å². The molecular formula is C16H23NO. The summed E-state index contributed by atoms with van der Waals surface area (Å²) in [7, 11) is 0. The van der Waals surface area contributed by atoms with Gasteiger partial charge in [0.05, 0.1) is 6.61 Å². The Morgan fingerprint density at radius 1 is 1.28 bits per heavy atom. The Balaban J connectivity index is 1.55. The molecule has 3 rings (SSSR count). The van der Waals surface area contributed by atoms with E-state index in [9.17, 15) is 0 Å². The van der Waals surface area contributed by atoms with Gasteiger partial charge in [0.2, 0.25) is 0 Å². The maximum absolute atomic E-state index is 5.70. The summed E-state index contributed by atoms with van der Waals surface area (Å²) in [5.74, 6) is 2.59. The van der Waals surface area contributed by atoms with E-state index in [1.807, 2.05) is 0 Å². The molecule has 98 valence electrons. The van der Waals surface area contributed by atoms with Crippen LogP contribution in [0.4, 0.5) is 0 Å². The lowest BCUT2D eigenvalue weighted by Gasteiger charge is -2.26. The molecule has 1 aromatic rings. The molecule has 1 fully saturated rings. The number of ether oxygens (including phenoxy) is 1. The van der Waals surface area contributed by atoms with Gasteiger partial charge in [0.15, 0.2) is 0 Å². The zero-order valence-corrected chi connectivity index (χ0v) is 11.4. The molecule has 0 radical (unpaired) electrons. The molecule has 2 aliphatic rings. The van der Waals surface area contributed by atoms with Crippen LogP contribution in [-0.2, 0) is 0 Å². The lowest BCUT2D eigenvalue weighted by molar-refractivity contribution is 0.264. The number of fused-ring (bicyclic) bond motifs is 1. The van der Waals surface area contributed by atoms with Gasteiger partial charge in [0.1, 0.15) is 5.75 Å². The van der Waals surface area contributed by atoms with Crippen molar-refractivity contribution in [3.63, 3.8) is 0 Å². The topological polar surface area (TPSA) is 21.3 Å². The quantitative estimate of drug-likeness (QED) is 0.879. The molecule has 1 aromatic carbocycles. The van der Waals surface area contributed by atoms with Crippen LogP contribution in [0.1, 0.15) is 38.2 Å². The van der Waals surface area contributed by atoms with Crippen LogP contribution >= 0.6 is 0 Å². The first-order valence-corrected chi connectivity index (χ1v) is 7.09. The number of benzene rings is 1. The average Bonchev–Trinajstić information content (AvgIpc) is 2.97. The van der Waals surface area contributed by atoms with Crippen molar-refractivity contribution >= 4 is 0 Å². The molecule has 1 heterocycles. The predicted octanol–water partition coefficient (Wildman–Crippen LogP) is 3.19. The second-order valence-electron chi connectivity index (χ2n) is 6.42. The summed E-state index contributed by atoms with van der Waals surface area (Å²) in [4.78, 5) is 0. The summed E-state index contributed by atoms with van der Waals surface area (Å²) in [5, 5.41) is 3.66. The zero-order valence-electron chi connectivity index (χ0n) is 11.4. The van der Waals surface area contributed by atoms with Gasteiger partial charge in [-0.25, -0.2) is 0 Å². The van der Waals surface area contributed by atoms with Gasteiger partial charge in [-0.15, -0.1) is 0 Å². The Bertz CT molecular complexity index is 427. The number of para-hydroxylation sites is 1. The molecular weight excluding hydrogens is 222 g/mol. The molecule has 0 amide bonds. The third kappa shape index (κ3) is 2.39. The van der Waals surface area contributed by atoms with E-state index < -0.39 is 0 Å². The molecule has 0 aromatic heterocycles. The highest BCUT2D eigenvalue weighted by Gasteiger charge is 2.44. The molecule has 1 N–H and O–H groups in total. The van der Waals surface area contributed by atoms with E-state index in [2.05, 4.69) is 43.4 Å². The fourth-order valence-electron chi connectivity index (χ4n) is 2.98. The fraction of sp³-hybridized carbons (Fsp3) is 0.625. The summed E-state index contributed by atoms with van der Waals surface area (Å²) < 4.78 is 5.70. The van der Waals surface area contributed by atoms with E-state index in [1.54, 1.807) is 0 Å². The molecule has 2 heteroatoms. The van der Waals surface area contributed by atoms with Gasteiger partial charge in [-0.3, -0.25) is 0 Å². The standard InChI is InChI=1S/C16H23NO/c1-16(2)9-13(16)11-17-10-12-7-8-18-15-6-4-3-5-14(12)15/h3-6,12-13,17H,7-11H2,1-2H3. The maximum atomic E-state index is 5.70. The van der Waals surface area contributed by atoms with Crippen molar-refractivity contribution in [1.82, 2.24) is 5.32 Å². The maximum Gasteiger partial charge on any atom is 0.122 e. The predicted molar refractivity (Wildman–Crippen MR) is 74.1 cm³/mol. The number of hydrogen-bond acceptors (Lipinski definition) is 2. The van der Waals surface area contributed by atoms with Crippen LogP contribution in [0.25, 0.3) is 0 Å². The number of rotatable bonds is 4. The van der Waals surface area contributed by atoms with E-state index in [1.165, 1.54) is 18.5 Å². The lowest BCUT2D eigenvalue weighted by Crippen LogP contribution is -2.27. The Hall–Kier alpha value is -1.02. The Morgan fingerprint density at radius 2 is 2.06 bits per heavy atom. The molecule has 0 spiro atoms.